The number of likely N-dealkylation sites (tertiary alicyclic amines) is 1. The van der Waals surface area contributed by atoms with Crippen LogP contribution in [0.5, 0.6) is 11.5 Å². The smallest absolute Gasteiger partial charge is 0.295 e. The highest BCUT2D eigenvalue weighted by molar-refractivity contribution is 7.09. The van der Waals surface area contributed by atoms with Crippen molar-refractivity contribution in [3.63, 3.8) is 0 Å². The van der Waals surface area contributed by atoms with Crippen LogP contribution in [0.2, 0.25) is 0 Å². The van der Waals surface area contributed by atoms with E-state index in [2.05, 4.69) is 0 Å². The Bertz CT molecular complexity index is 1200. The SMILES string of the molecule is O=C1C(=O)N(Cc2cccs2)C(c2ccc(F)cc2)/C1=C(\O)c1ccc2c(c1)OCO2. The molecule has 3 heterocycles. The Labute approximate surface area is 180 Å². The van der Waals surface area contributed by atoms with E-state index < -0.39 is 23.5 Å². The highest BCUT2D eigenvalue weighted by atomic mass is 32.1. The molecule has 1 atom stereocenters. The number of aliphatic hydroxyl groups excluding tert-OH is 1. The van der Waals surface area contributed by atoms with E-state index >= 15 is 0 Å². The number of rotatable bonds is 4. The first-order valence-electron chi connectivity index (χ1n) is 9.49. The normalized spacial score (nSPS) is 19.3. The lowest BCUT2D eigenvalue weighted by Gasteiger charge is -2.25. The van der Waals surface area contributed by atoms with Gasteiger partial charge in [0.1, 0.15) is 11.6 Å². The zero-order chi connectivity index (χ0) is 21.5. The third-order valence-corrected chi connectivity index (χ3v) is 6.14. The molecule has 0 bridgehead atoms. The van der Waals surface area contributed by atoms with Gasteiger partial charge in [-0.3, -0.25) is 9.59 Å². The van der Waals surface area contributed by atoms with Crippen molar-refractivity contribution in [2.24, 2.45) is 0 Å². The Morgan fingerprint density at radius 2 is 1.87 bits per heavy atom. The molecule has 0 saturated carbocycles. The third kappa shape index (κ3) is 3.34. The quantitative estimate of drug-likeness (QED) is 0.375. The Morgan fingerprint density at radius 1 is 1.10 bits per heavy atom. The van der Waals surface area contributed by atoms with Crippen molar-refractivity contribution < 1.29 is 28.6 Å². The van der Waals surface area contributed by atoms with Gasteiger partial charge >= 0.3 is 0 Å². The molecule has 3 aromatic rings. The highest BCUT2D eigenvalue weighted by Gasteiger charge is 2.46. The maximum absolute atomic E-state index is 13.5. The number of halogens is 1. The van der Waals surface area contributed by atoms with Gasteiger partial charge in [-0.25, -0.2) is 4.39 Å². The summed E-state index contributed by atoms with van der Waals surface area (Å²) < 4.78 is 24.2. The number of carbonyl (C=O) groups excluding carboxylic acids is 2. The number of ketones is 1. The van der Waals surface area contributed by atoms with Crippen molar-refractivity contribution in [2.75, 3.05) is 6.79 Å². The summed E-state index contributed by atoms with van der Waals surface area (Å²) in [4.78, 5) is 28.2. The second-order valence-corrected chi connectivity index (χ2v) is 8.16. The van der Waals surface area contributed by atoms with Gasteiger partial charge in [0.15, 0.2) is 11.5 Å². The lowest BCUT2D eigenvalue weighted by molar-refractivity contribution is -0.140. The lowest BCUT2D eigenvalue weighted by Crippen LogP contribution is -2.28. The Morgan fingerprint density at radius 3 is 2.61 bits per heavy atom. The number of Topliss-reactive ketones (excluding diaryl/α,β-unsaturated/α-hetero) is 1. The molecule has 6 nitrogen and oxygen atoms in total. The summed E-state index contributed by atoms with van der Waals surface area (Å²) >= 11 is 1.46. The molecule has 2 aliphatic rings. The van der Waals surface area contributed by atoms with Crippen molar-refractivity contribution >= 4 is 28.8 Å². The first-order valence-corrected chi connectivity index (χ1v) is 10.4. The molecule has 5 rings (SSSR count). The third-order valence-electron chi connectivity index (χ3n) is 5.28. The number of fused-ring (bicyclic) bond motifs is 1. The van der Waals surface area contributed by atoms with Gasteiger partial charge in [-0.2, -0.15) is 0 Å². The minimum absolute atomic E-state index is 0.0490. The first kappa shape index (κ1) is 19.3. The molecule has 8 heteroatoms. The molecule has 31 heavy (non-hydrogen) atoms. The molecule has 1 saturated heterocycles. The summed E-state index contributed by atoms with van der Waals surface area (Å²) in [5.41, 5.74) is 0.803. The van der Waals surface area contributed by atoms with Crippen LogP contribution in [0.1, 0.15) is 22.0 Å². The van der Waals surface area contributed by atoms with Gasteiger partial charge in [0.2, 0.25) is 6.79 Å². The molecule has 1 fully saturated rings. The summed E-state index contributed by atoms with van der Waals surface area (Å²) in [5.74, 6) is -1.29. The van der Waals surface area contributed by atoms with Crippen LogP contribution < -0.4 is 9.47 Å². The zero-order valence-electron chi connectivity index (χ0n) is 16.1. The predicted molar refractivity (Wildman–Crippen MR) is 111 cm³/mol. The van der Waals surface area contributed by atoms with E-state index in [4.69, 9.17) is 9.47 Å². The monoisotopic (exact) mass is 437 g/mol. The minimum atomic E-state index is -0.854. The Balaban J connectivity index is 1.64. The number of carbonyl (C=O) groups is 2. The summed E-state index contributed by atoms with van der Waals surface area (Å²) in [5, 5.41) is 13.0. The predicted octanol–water partition coefficient (Wildman–Crippen LogP) is 4.24. The molecular weight excluding hydrogens is 421 g/mol. The van der Waals surface area contributed by atoms with Crippen LogP contribution in [0.15, 0.2) is 65.6 Å². The maximum atomic E-state index is 13.5. The second kappa shape index (κ2) is 7.55. The zero-order valence-corrected chi connectivity index (χ0v) is 16.9. The number of ether oxygens (including phenoxy) is 2. The minimum Gasteiger partial charge on any atom is -0.507 e. The van der Waals surface area contributed by atoms with Crippen LogP contribution in [0.3, 0.4) is 0 Å². The molecule has 2 aromatic carbocycles. The highest BCUT2D eigenvalue weighted by Crippen LogP contribution is 2.42. The molecule has 0 spiro atoms. The average Bonchev–Trinajstić information content (AvgIpc) is 3.51. The summed E-state index contributed by atoms with van der Waals surface area (Å²) in [7, 11) is 0. The van der Waals surface area contributed by atoms with E-state index in [1.807, 2.05) is 17.5 Å². The van der Waals surface area contributed by atoms with E-state index in [1.54, 1.807) is 18.2 Å². The van der Waals surface area contributed by atoms with Gasteiger partial charge in [0.25, 0.3) is 11.7 Å². The van der Waals surface area contributed by atoms with Crippen LogP contribution in [0.25, 0.3) is 5.76 Å². The average molecular weight is 437 g/mol. The van der Waals surface area contributed by atoms with Crippen LogP contribution >= 0.6 is 11.3 Å². The molecule has 0 aliphatic carbocycles. The fourth-order valence-electron chi connectivity index (χ4n) is 3.80. The lowest BCUT2D eigenvalue weighted by atomic mass is 9.95. The van der Waals surface area contributed by atoms with Gasteiger partial charge in [0.05, 0.1) is 18.2 Å². The van der Waals surface area contributed by atoms with E-state index in [1.165, 1.54) is 40.5 Å². The van der Waals surface area contributed by atoms with Crippen molar-refractivity contribution in [1.29, 1.82) is 0 Å². The molecule has 1 N–H and O–H groups in total. The van der Waals surface area contributed by atoms with Gasteiger partial charge in [-0.1, -0.05) is 18.2 Å². The summed E-state index contributed by atoms with van der Waals surface area (Å²) in [6, 6.07) is 13.2. The standard InChI is InChI=1S/C23H16FNO5S/c24-15-6-3-13(4-7-15)20-19(21(26)14-5-8-17-18(10-14)30-12-29-17)22(27)23(28)25(20)11-16-2-1-9-31-16/h1-10,20,26H,11-12H2/b21-19+. The molecule has 1 aromatic heterocycles. The largest absolute Gasteiger partial charge is 0.507 e. The number of hydrogen-bond donors (Lipinski definition) is 1. The summed E-state index contributed by atoms with van der Waals surface area (Å²) in [6.07, 6.45) is 0. The van der Waals surface area contributed by atoms with Crippen molar-refractivity contribution in [1.82, 2.24) is 4.90 Å². The molecule has 1 amide bonds. The number of hydrogen-bond acceptors (Lipinski definition) is 6. The van der Waals surface area contributed by atoms with Gasteiger partial charge in [-0.15, -0.1) is 11.3 Å². The molecule has 0 radical (unpaired) electrons. The van der Waals surface area contributed by atoms with E-state index in [0.29, 0.717) is 22.6 Å². The van der Waals surface area contributed by atoms with E-state index in [-0.39, 0.29) is 24.7 Å². The second-order valence-electron chi connectivity index (χ2n) is 7.13. The number of aliphatic hydroxyl groups is 1. The van der Waals surface area contributed by atoms with Crippen LogP contribution in [0.4, 0.5) is 4.39 Å². The Kier molecular flexibility index (Phi) is 4.71. The van der Waals surface area contributed by atoms with E-state index in [0.717, 1.165) is 4.88 Å². The fourth-order valence-corrected chi connectivity index (χ4v) is 4.51. The van der Waals surface area contributed by atoms with Crippen molar-refractivity contribution in [2.45, 2.75) is 12.6 Å². The fraction of sp³-hybridized carbons (Fsp3) is 0.130. The molecule has 2 aliphatic heterocycles. The van der Waals surface area contributed by atoms with Crippen LogP contribution in [-0.2, 0) is 16.1 Å². The van der Waals surface area contributed by atoms with Gasteiger partial charge in [0, 0.05) is 10.4 Å². The topological polar surface area (TPSA) is 76.1 Å². The summed E-state index contributed by atoms with van der Waals surface area (Å²) in [6.45, 7) is 0.266. The van der Waals surface area contributed by atoms with Gasteiger partial charge < -0.3 is 19.5 Å². The number of thiophene rings is 1. The van der Waals surface area contributed by atoms with E-state index in [9.17, 15) is 19.1 Å². The van der Waals surface area contributed by atoms with Crippen molar-refractivity contribution in [3.8, 4) is 11.5 Å². The van der Waals surface area contributed by atoms with Crippen LogP contribution in [0, 0.1) is 5.82 Å². The number of nitrogens with zero attached hydrogens (tertiary/aromatic N) is 1. The molecular formula is C23H16FNO5S. The molecule has 156 valence electrons. The first-order chi connectivity index (χ1) is 15.0. The van der Waals surface area contributed by atoms with Crippen molar-refractivity contribution in [3.05, 3.63) is 87.4 Å². The van der Waals surface area contributed by atoms with Gasteiger partial charge in [-0.05, 0) is 47.3 Å². The molecule has 1 unspecified atom stereocenters. The maximum Gasteiger partial charge on any atom is 0.295 e. The number of benzene rings is 2. The Hall–Kier alpha value is -3.65. The number of amides is 1. The van der Waals surface area contributed by atoms with Crippen LogP contribution in [-0.4, -0.2) is 28.5 Å².